The highest BCUT2D eigenvalue weighted by atomic mass is 16.3. The van der Waals surface area contributed by atoms with Crippen molar-refractivity contribution in [3.8, 4) is 5.88 Å². The maximum Gasteiger partial charge on any atom is 0.257 e. The van der Waals surface area contributed by atoms with Gasteiger partial charge in [0.25, 0.3) is 5.91 Å². The molecular formula is C12H11N3O2. The molecule has 0 radical (unpaired) electrons. The molecule has 0 unspecified atom stereocenters. The van der Waals surface area contributed by atoms with Crippen LogP contribution in [-0.2, 0) is 6.54 Å². The molecule has 2 rings (SSSR count). The lowest BCUT2D eigenvalue weighted by Gasteiger charge is -2.05. The van der Waals surface area contributed by atoms with Crippen LogP contribution in [0, 0.1) is 0 Å². The van der Waals surface area contributed by atoms with Crippen molar-refractivity contribution in [1.29, 1.82) is 0 Å². The Kier molecular flexibility index (Phi) is 3.30. The van der Waals surface area contributed by atoms with Crippen molar-refractivity contribution < 1.29 is 9.90 Å². The van der Waals surface area contributed by atoms with E-state index < -0.39 is 0 Å². The number of aromatic nitrogens is 2. The number of carbonyl (C=O) groups excluding carboxylic acids is 1. The minimum atomic E-state index is -0.362. The number of hydrogen-bond acceptors (Lipinski definition) is 4. The second-order valence-electron chi connectivity index (χ2n) is 3.42. The summed E-state index contributed by atoms with van der Waals surface area (Å²) in [5.74, 6) is -0.629. The second-order valence-corrected chi connectivity index (χ2v) is 3.42. The van der Waals surface area contributed by atoms with Gasteiger partial charge >= 0.3 is 0 Å². The fourth-order valence-corrected chi connectivity index (χ4v) is 1.35. The molecule has 1 amide bonds. The Bertz CT molecular complexity index is 514. The lowest BCUT2D eigenvalue weighted by Crippen LogP contribution is -2.23. The lowest BCUT2D eigenvalue weighted by atomic mass is 10.2. The molecule has 17 heavy (non-hydrogen) atoms. The van der Waals surface area contributed by atoms with Gasteiger partial charge in [-0.2, -0.15) is 0 Å². The van der Waals surface area contributed by atoms with E-state index in [1.165, 1.54) is 12.3 Å². The zero-order valence-corrected chi connectivity index (χ0v) is 9.00. The summed E-state index contributed by atoms with van der Waals surface area (Å²) in [7, 11) is 0. The number of rotatable bonds is 3. The van der Waals surface area contributed by atoms with Crippen LogP contribution < -0.4 is 5.32 Å². The SMILES string of the molecule is O=C(NCc1cccnc1)c1cccnc1O. The highest BCUT2D eigenvalue weighted by Gasteiger charge is 2.10. The number of amides is 1. The van der Waals surface area contributed by atoms with Crippen LogP contribution in [0.4, 0.5) is 0 Å². The molecule has 0 fully saturated rings. The first-order valence-corrected chi connectivity index (χ1v) is 5.08. The third kappa shape index (κ3) is 2.78. The van der Waals surface area contributed by atoms with Crippen molar-refractivity contribution in [2.24, 2.45) is 0 Å². The summed E-state index contributed by atoms with van der Waals surface area (Å²) >= 11 is 0. The topological polar surface area (TPSA) is 75.1 Å². The number of nitrogens with one attached hydrogen (secondary N) is 1. The Morgan fingerprint density at radius 2 is 2.12 bits per heavy atom. The Balaban J connectivity index is 2.01. The van der Waals surface area contributed by atoms with Gasteiger partial charge in [0.2, 0.25) is 5.88 Å². The van der Waals surface area contributed by atoms with E-state index in [0.717, 1.165) is 5.56 Å². The Morgan fingerprint density at radius 1 is 1.29 bits per heavy atom. The molecule has 0 aliphatic carbocycles. The fourth-order valence-electron chi connectivity index (χ4n) is 1.35. The van der Waals surface area contributed by atoms with E-state index in [4.69, 9.17) is 0 Å². The van der Waals surface area contributed by atoms with Crippen molar-refractivity contribution in [2.45, 2.75) is 6.54 Å². The average Bonchev–Trinajstić information content (AvgIpc) is 2.38. The molecule has 5 nitrogen and oxygen atoms in total. The maximum atomic E-state index is 11.7. The third-order valence-electron chi connectivity index (χ3n) is 2.21. The molecule has 0 aromatic carbocycles. The number of pyridine rings is 2. The summed E-state index contributed by atoms with van der Waals surface area (Å²) in [5, 5.41) is 12.1. The van der Waals surface area contributed by atoms with Crippen molar-refractivity contribution in [1.82, 2.24) is 15.3 Å². The standard InChI is InChI=1S/C12H11N3O2/c16-11-10(4-2-6-14-11)12(17)15-8-9-3-1-5-13-7-9/h1-7H,8H2,(H,14,16)(H,15,17). The smallest absolute Gasteiger partial charge is 0.257 e. The van der Waals surface area contributed by atoms with E-state index in [-0.39, 0.29) is 17.4 Å². The molecular weight excluding hydrogens is 218 g/mol. The van der Waals surface area contributed by atoms with Gasteiger partial charge in [0.15, 0.2) is 0 Å². The van der Waals surface area contributed by atoms with E-state index in [9.17, 15) is 9.90 Å². The van der Waals surface area contributed by atoms with Gasteiger partial charge in [-0.25, -0.2) is 4.98 Å². The van der Waals surface area contributed by atoms with Crippen LogP contribution in [0.25, 0.3) is 0 Å². The van der Waals surface area contributed by atoms with Crippen LogP contribution in [0.1, 0.15) is 15.9 Å². The van der Waals surface area contributed by atoms with Crippen LogP contribution in [0.15, 0.2) is 42.9 Å². The van der Waals surface area contributed by atoms with Crippen molar-refractivity contribution in [2.75, 3.05) is 0 Å². The molecule has 2 aromatic rings. The van der Waals surface area contributed by atoms with Gasteiger partial charge in [-0.3, -0.25) is 9.78 Å². The third-order valence-corrected chi connectivity index (χ3v) is 2.21. The fraction of sp³-hybridized carbons (Fsp3) is 0.0833. The summed E-state index contributed by atoms with van der Waals surface area (Å²) in [6.45, 7) is 0.362. The zero-order chi connectivity index (χ0) is 12.1. The average molecular weight is 229 g/mol. The summed E-state index contributed by atoms with van der Waals surface area (Å²) in [4.78, 5) is 19.3. The maximum absolute atomic E-state index is 11.7. The second kappa shape index (κ2) is 5.07. The summed E-state index contributed by atoms with van der Waals surface area (Å²) in [6.07, 6.45) is 4.76. The van der Waals surface area contributed by atoms with Gasteiger partial charge in [-0.15, -0.1) is 0 Å². The number of carbonyl (C=O) groups is 1. The van der Waals surface area contributed by atoms with E-state index in [1.807, 2.05) is 6.07 Å². The van der Waals surface area contributed by atoms with Gasteiger partial charge in [-0.05, 0) is 23.8 Å². The summed E-state index contributed by atoms with van der Waals surface area (Å²) < 4.78 is 0. The van der Waals surface area contributed by atoms with E-state index in [0.29, 0.717) is 6.54 Å². The predicted molar refractivity (Wildman–Crippen MR) is 61.3 cm³/mol. The van der Waals surface area contributed by atoms with Gasteiger partial charge in [0.1, 0.15) is 5.56 Å². The molecule has 2 N–H and O–H groups in total. The Morgan fingerprint density at radius 3 is 2.82 bits per heavy atom. The van der Waals surface area contributed by atoms with E-state index in [1.54, 1.807) is 24.5 Å². The Labute approximate surface area is 98.2 Å². The molecule has 5 heteroatoms. The minimum absolute atomic E-state index is 0.163. The highest BCUT2D eigenvalue weighted by molar-refractivity contribution is 5.96. The monoisotopic (exact) mass is 229 g/mol. The van der Waals surface area contributed by atoms with Crippen molar-refractivity contribution in [3.05, 3.63) is 54.0 Å². The highest BCUT2D eigenvalue weighted by Crippen LogP contribution is 2.11. The molecule has 0 saturated heterocycles. The molecule has 0 aliphatic heterocycles. The zero-order valence-electron chi connectivity index (χ0n) is 9.00. The van der Waals surface area contributed by atoms with E-state index >= 15 is 0 Å². The molecule has 0 aliphatic rings. The number of hydrogen-bond donors (Lipinski definition) is 2. The largest absolute Gasteiger partial charge is 0.493 e. The van der Waals surface area contributed by atoms with Crippen molar-refractivity contribution >= 4 is 5.91 Å². The predicted octanol–water partition coefficient (Wildman–Crippen LogP) is 1.11. The van der Waals surface area contributed by atoms with Gasteiger partial charge in [0.05, 0.1) is 0 Å². The van der Waals surface area contributed by atoms with Gasteiger partial charge in [-0.1, -0.05) is 6.07 Å². The number of aromatic hydroxyl groups is 1. The first-order chi connectivity index (χ1) is 8.27. The van der Waals surface area contributed by atoms with Crippen LogP contribution >= 0.6 is 0 Å². The quantitative estimate of drug-likeness (QED) is 0.826. The van der Waals surface area contributed by atoms with Crippen LogP contribution in [0.5, 0.6) is 5.88 Å². The molecule has 2 heterocycles. The minimum Gasteiger partial charge on any atom is -0.493 e. The molecule has 86 valence electrons. The normalized spacial score (nSPS) is 9.88. The summed E-state index contributed by atoms with van der Waals surface area (Å²) in [6, 6.07) is 6.76. The molecule has 0 saturated carbocycles. The number of nitrogens with zero attached hydrogens (tertiary/aromatic N) is 2. The summed E-state index contributed by atoms with van der Waals surface area (Å²) in [5.41, 5.74) is 1.06. The van der Waals surface area contributed by atoms with Gasteiger partial charge in [0, 0.05) is 25.1 Å². The molecule has 0 atom stereocenters. The Hall–Kier alpha value is -2.43. The first kappa shape index (κ1) is 11.1. The van der Waals surface area contributed by atoms with Crippen LogP contribution in [-0.4, -0.2) is 21.0 Å². The molecule has 0 bridgehead atoms. The molecule has 0 spiro atoms. The molecule has 2 aromatic heterocycles. The lowest BCUT2D eigenvalue weighted by molar-refractivity contribution is 0.0947. The van der Waals surface area contributed by atoms with E-state index in [2.05, 4.69) is 15.3 Å². The van der Waals surface area contributed by atoms with Crippen LogP contribution in [0.3, 0.4) is 0 Å². The van der Waals surface area contributed by atoms with Crippen LogP contribution in [0.2, 0.25) is 0 Å². The first-order valence-electron chi connectivity index (χ1n) is 5.08. The van der Waals surface area contributed by atoms with Crippen molar-refractivity contribution in [3.63, 3.8) is 0 Å². The van der Waals surface area contributed by atoms with Gasteiger partial charge < -0.3 is 10.4 Å².